The van der Waals surface area contributed by atoms with E-state index in [4.69, 9.17) is 65.4 Å². The molecule has 0 amide bonds. The fraction of sp³-hybridized carbons (Fsp3) is 0.214. The summed E-state index contributed by atoms with van der Waals surface area (Å²) >= 11 is 24.7. The number of rotatable bonds is 6. The second-order valence-corrected chi connectivity index (χ2v) is 10.4. The van der Waals surface area contributed by atoms with E-state index in [0.717, 1.165) is 11.1 Å². The molecular formula is C28H20Cl4O8. The lowest BCUT2D eigenvalue weighted by atomic mass is 9.87. The predicted octanol–water partition coefficient (Wildman–Crippen LogP) is 6.70. The first-order valence-electron chi connectivity index (χ1n) is 11.8. The molecule has 0 N–H and O–H groups in total. The molecule has 0 aliphatic heterocycles. The summed E-state index contributed by atoms with van der Waals surface area (Å²) in [5.74, 6) is -2.98. The number of fused-ring (bicyclic) bond motifs is 1. The van der Waals surface area contributed by atoms with Gasteiger partial charge in [0.1, 0.15) is 12.2 Å². The van der Waals surface area contributed by atoms with Crippen molar-refractivity contribution < 1.29 is 38.1 Å². The molecule has 8 nitrogen and oxygen atoms in total. The van der Waals surface area contributed by atoms with E-state index in [1.807, 2.05) is 24.3 Å². The van der Waals surface area contributed by atoms with Crippen molar-refractivity contribution in [3.8, 4) is 11.5 Å². The van der Waals surface area contributed by atoms with Crippen LogP contribution in [-0.2, 0) is 31.9 Å². The molecular weight excluding hydrogens is 606 g/mol. The van der Waals surface area contributed by atoms with Crippen molar-refractivity contribution in [2.24, 2.45) is 0 Å². The Morgan fingerprint density at radius 3 is 1.25 bits per heavy atom. The third-order valence-corrected chi connectivity index (χ3v) is 6.97. The first-order chi connectivity index (χ1) is 18.9. The van der Waals surface area contributed by atoms with Crippen molar-refractivity contribution in [1.29, 1.82) is 0 Å². The number of hydrogen-bond acceptors (Lipinski definition) is 8. The molecule has 4 rings (SSSR count). The van der Waals surface area contributed by atoms with Crippen LogP contribution in [0.15, 0.2) is 48.5 Å². The average Bonchev–Trinajstić information content (AvgIpc) is 2.88. The summed E-state index contributed by atoms with van der Waals surface area (Å²) in [5.41, 5.74) is 1.86. The molecule has 1 aliphatic carbocycles. The maximum absolute atomic E-state index is 13.1. The lowest BCUT2D eigenvalue weighted by Crippen LogP contribution is -2.41. The van der Waals surface area contributed by atoms with Gasteiger partial charge in [-0.15, -0.1) is 0 Å². The standard InChI is InChI=1S/C28H20Cl4O8/c1-13(33)37-25-19(29)7-17(8-20(25)30)27(35)39-23-11-15-5-3-4-6-16(15)12-24(23)40-28(36)18-9-21(31)26(22(32)10-18)38-14(2)34/h3-10,23-24H,11-12H2,1-2H3/t23-,24+. The van der Waals surface area contributed by atoms with Crippen molar-refractivity contribution in [2.45, 2.75) is 38.9 Å². The number of esters is 4. The number of ether oxygens (including phenoxy) is 4. The van der Waals surface area contributed by atoms with Gasteiger partial charge < -0.3 is 18.9 Å². The number of carbonyl (C=O) groups excluding carboxylic acids is 4. The Morgan fingerprint density at radius 1 is 0.625 bits per heavy atom. The summed E-state index contributed by atoms with van der Waals surface area (Å²) in [7, 11) is 0. The quantitative estimate of drug-likeness (QED) is 0.220. The highest BCUT2D eigenvalue weighted by Crippen LogP contribution is 2.37. The first kappa shape index (κ1) is 29.7. The lowest BCUT2D eigenvalue weighted by Gasteiger charge is -2.32. The first-order valence-corrected chi connectivity index (χ1v) is 13.3. The topological polar surface area (TPSA) is 105 Å². The summed E-state index contributed by atoms with van der Waals surface area (Å²) in [6.45, 7) is 2.38. The van der Waals surface area contributed by atoms with Crippen LogP contribution in [0.1, 0.15) is 45.7 Å². The number of halogens is 4. The molecule has 1 aliphatic rings. The number of carbonyl (C=O) groups is 4. The van der Waals surface area contributed by atoms with Crippen molar-refractivity contribution >= 4 is 70.3 Å². The van der Waals surface area contributed by atoms with Gasteiger partial charge in [-0.1, -0.05) is 70.7 Å². The minimum absolute atomic E-state index is 0.00876. The fourth-order valence-corrected chi connectivity index (χ4v) is 5.26. The third-order valence-electron chi connectivity index (χ3n) is 5.85. The lowest BCUT2D eigenvalue weighted by molar-refractivity contribution is -0.132. The van der Waals surface area contributed by atoms with Crippen LogP contribution in [0.4, 0.5) is 0 Å². The van der Waals surface area contributed by atoms with E-state index >= 15 is 0 Å². The SMILES string of the molecule is CC(=O)Oc1c(Cl)cc(C(=O)O[C@H]2Cc3ccccc3C[C@H]2OC(=O)c2cc(Cl)c(OC(C)=O)c(Cl)c2)cc1Cl. The zero-order valence-corrected chi connectivity index (χ0v) is 24.0. The van der Waals surface area contributed by atoms with Crippen molar-refractivity contribution in [2.75, 3.05) is 0 Å². The summed E-state index contributed by atoms with van der Waals surface area (Å²) < 4.78 is 21.5. The minimum atomic E-state index is -0.872. The molecule has 3 aromatic rings. The van der Waals surface area contributed by atoms with Gasteiger partial charge in [0.05, 0.1) is 31.2 Å². The van der Waals surface area contributed by atoms with Gasteiger partial charge in [0.25, 0.3) is 0 Å². The maximum atomic E-state index is 13.1. The van der Waals surface area contributed by atoms with E-state index in [2.05, 4.69) is 0 Å². The van der Waals surface area contributed by atoms with E-state index < -0.39 is 36.1 Å². The molecule has 0 spiro atoms. The van der Waals surface area contributed by atoms with Crippen LogP contribution in [0.5, 0.6) is 11.5 Å². The van der Waals surface area contributed by atoms with Crippen molar-refractivity contribution in [3.05, 3.63) is 90.9 Å². The smallest absolute Gasteiger partial charge is 0.338 e. The van der Waals surface area contributed by atoms with E-state index in [1.165, 1.54) is 38.1 Å². The van der Waals surface area contributed by atoms with E-state index in [9.17, 15) is 19.2 Å². The summed E-state index contributed by atoms with van der Waals surface area (Å²) in [4.78, 5) is 48.9. The molecule has 12 heteroatoms. The Balaban J connectivity index is 1.58. The normalized spacial score (nSPS) is 15.9. The highest BCUT2D eigenvalue weighted by molar-refractivity contribution is 6.38. The van der Waals surface area contributed by atoms with Gasteiger partial charge in [0.15, 0.2) is 11.5 Å². The second kappa shape index (κ2) is 12.5. The largest absolute Gasteiger partial charge is 0.454 e. The Kier molecular flexibility index (Phi) is 9.26. The van der Waals surface area contributed by atoms with Crippen LogP contribution in [0, 0.1) is 0 Å². The van der Waals surface area contributed by atoms with Gasteiger partial charge in [-0.25, -0.2) is 9.59 Å². The maximum Gasteiger partial charge on any atom is 0.338 e. The minimum Gasteiger partial charge on any atom is -0.454 e. The molecule has 0 fully saturated rings. The van der Waals surface area contributed by atoms with Crippen LogP contribution in [-0.4, -0.2) is 36.1 Å². The molecule has 0 aromatic heterocycles. The van der Waals surface area contributed by atoms with Crippen LogP contribution in [0.3, 0.4) is 0 Å². The van der Waals surface area contributed by atoms with Gasteiger partial charge in [-0.3, -0.25) is 9.59 Å². The molecule has 0 saturated carbocycles. The fourth-order valence-electron chi connectivity index (χ4n) is 4.14. The summed E-state index contributed by atoms with van der Waals surface area (Å²) in [6, 6.07) is 12.5. The number of benzene rings is 3. The monoisotopic (exact) mass is 624 g/mol. The van der Waals surface area contributed by atoms with Crippen LogP contribution in [0.2, 0.25) is 20.1 Å². The summed E-state index contributed by atoms with van der Waals surface area (Å²) in [5, 5.41) is -0.231. The van der Waals surface area contributed by atoms with Gasteiger partial charge in [0, 0.05) is 26.7 Å². The molecule has 0 radical (unpaired) electrons. The number of hydrogen-bond donors (Lipinski definition) is 0. The average molecular weight is 626 g/mol. The van der Waals surface area contributed by atoms with Gasteiger partial charge in [0.2, 0.25) is 0 Å². The molecule has 0 bridgehead atoms. The Hall–Kier alpha value is -3.30. The Morgan fingerprint density at radius 2 is 0.950 bits per heavy atom. The molecule has 40 heavy (non-hydrogen) atoms. The van der Waals surface area contributed by atoms with Gasteiger partial charge in [-0.2, -0.15) is 0 Å². The predicted molar refractivity (Wildman–Crippen MR) is 148 cm³/mol. The Bertz CT molecular complexity index is 1360. The van der Waals surface area contributed by atoms with Crippen LogP contribution >= 0.6 is 46.4 Å². The van der Waals surface area contributed by atoms with Crippen LogP contribution < -0.4 is 9.47 Å². The Labute approximate surface area is 249 Å². The molecule has 0 saturated heterocycles. The zero-order chi connectivity index (χ0) is 29.1. The molecule has 3 aromatic carbocycles. The highest BCUT2D eigenvalue weighted by atomic mass is 35.5. The highest BCUT2D eigenvalue weighted by Gasteiger charge is 2.35. The third kappa shape index (κ3) is 6.88. The molecule has 0 unspecified atom stereocenters. The summed E-state index contributed by atoms with van der Waals surface area (Å²) in [6.07, 6.45) is -1.22. The molecule has 0 heterocycles. The van der Waals surface area contributed by atoms with Gasteiger partial charge >= 0.3 is 23.9 Å². The second-order valence-electron chi connectivity index (χ2n) is 8.79. The van der Waals surface area contributed by atoms with E-state index in [0.29, 0.717) is 0 Å². The van der Waals surface area contributed by atoms with Crippen molar-refractivity contribution in [3.63, 3.8) is 0 Å². The van der Waals surface area contributed by atoms with Gasteiger partial charge in [-0.05, 0) is 35.4 Å². The zero-order valence-electron chi connectivity index (χ0n) is 21.0. The van der Waals surface area contributed by atoms with Crippen LogP contribution in [0.25, 0.3) is 0 Å². The van der Waals surface area contributed by atoms with Crippen molar-refractivity contribution in [1.82, 2.24) is 0 Å². The van der Waals surface area contributed by atoms with E-state index in [-0.39, 0.29) is 55.6 Å². The van der Waals surface area contributed by atoms with E-state index in [1.54, 1.807) is 0 Å². The molecule has 208 valence electrons. The molecule has 2 atom stereocenters.